The fourth-order valence-corrected chi connectivity index (χ4v) is 4.65. The monoisotopic (exact) mass is 577 g/mol. The van der Waals surface area contributed by atoms with Crippen LogP contribution in [0.15, 0.2) is 29.1 Å². The van der Waals surface area contributed by atoms with Crippen LogP contribution < -0.4 is 5.56 Å². The van der Waals surface area contributed by atoms with Gasteiger partial charge in [-0.3, -0.25) is 4.79 Å². The lowest BCUT2D eigenvalue weighted by molar-refractivity contribution is -0.139. The van der Waals surface area contributed by atoms with E-state index in [0.717, 1.165) is 32.7 Å². The first-order chi connectivity index (χ1) is 19.5. The number of aryl methyl sites for hydroxylation is 1. The topological polar surface area (TPSA) is 93.9 Å². The van der Waals surface area contributed by atoms with E-state index in [1.807, 2.05) is 39.8 Å². The molecule has 3 atom stereocenters. The predicted molar refractivity (Wildman–Crippen MR) is 163 cm³/mol. The number of aromatic nitrogens is 3. The molecule has 3 aliphatic rings. The van der Waals surface area contributed by atoms with E-state index in [2.05, 4.69) is 31.1 Å². The molecule has 2 aromatic rings. The van der Waals surface area contributed by atoms with Crippen molar-refractivity contribution < 1.29 is 23.7 Å². The first-order valence-corrected chi connectivity index (χ1v) is 15.5. The van der Waals surface area contributed by atoms with Crippen molar-refractivity contribution >= 4 is 10.9 Å². The predicted octanol–water partition coefficient (Wildman–Crippen LogP) is 6.56. The highest BCUT2D eigenvalue weighted by atomic mass is 16.7. The molecule has 234 valence electrons. The second-order valence-corrected chi connectivity index (χ2v) is 11.9. The molecule has 0 saturated carbocycles. The second-order valence-electron chi connectivity index (χ2n) is 11.9. The average molecular weight is 578 g/mol. The third-order valence-corrected chi connectivity index (χ3v) is 7.02. The molecule has 3 aliphatic heterocycles. The van der Waals surface area contributed by atoms with Gasteiger partial charge in [0.1, 0.15) is 5.52 Å². The number of benzene rings is 1. The standard InChI is InChI=1S/2C9H18O2.C8H7N3O.C6H12O/c2*1-4-5-6-8-7-10-9(2,3)11-8;1-11-8(12)6-4-2-3-5-7(6)9-10-11;1-6-4-2-3-5-7-6/h2*8H,4-7H2,1-3H3;2-5H,1H3;6H,2-5H2,1H3. The molecule has 0 radical (unpaired) electrons. The summed E-state index contributed by atoms with van der Waals surface area (Å²) in [5.41, 5.74) is 0.529. The highest BCUT2D eigenvalue weighted by molar-refractivity contribution is 5.76. The van der Waals surface area contributed by atoms with Crippen LogP contribution >= 0.6 is 0 Å². The van der Waals surface area contributed by atoms with Gasteiger partial charge in [0.15, 0.2) is 11.6 Å². The largest absolute Gasteiger partial charge is 0.379 e. The lowest BCUT2D eigenvalue weighted by Crippen LogP contribution is -2.21. The van der Waals surface area contributed by atoms with Crippen LogP contribution in [-0.4, -0.2) is 64.7 Å². The SMILES string of the molecule is CC1CCCCO1.CCCCC1COC(C)(C)O1.CCCCC1COC(C)(C)O1.Cn1nnc2ccccc2c1=O. The summed E-state index contributed by atoms with van der Waals surface area (Å²) in [6, 6.07) is 7.15. The minimum Gasteiger partial charge on any atom is -0.379 e. The highest BCUT2D eigenvalue weighted by Crippen LogP contribution is 2.25. The maximum atomic E-state index is 11.4. The molecule has 3 unspecified atom stereocenters. The Morgan fingerprint density at radius 2 is 1.46 bits per heavy atom. The molecule has 1 aromatic heterocycles. The summed E-state index contributed by atoms with van der Waals surface area (Å²) in [6.45, 7) is 16.9. The van der Waals surface area contributed by atoms with Crippen molar-refractivity contribution in [1.82, 2.24) is 15.0 Å². The smallest absolute Gasteiger partial charge is 0.277 e. The van der Waals surface area contributed by atoms with Gasteiger partial charge in [0.05, 0.1) is 36.9 Å². The van der Waals surface area contributed by atoms with E-state index in [0.29, 0.717) is 29.2 Å². The van der Waals surface area contributed by atoms with Gasteiger partial charge in [0.2, 0.25) is 0 Å². The quantitative estimate of drug-likeness (QED) is 0.381. The number of rotatable bonds is 6. The molecule has 0 spiro atoms. The first kappa shape index (κ1) is 35.3. The number of ether oxygens (including phenoxy) is 5. The van der Waals surface area contributed by atoms with Gasteiger partial charge < -0.3 is 23.7 Å². The summed E-state index contributed by atoms with van der Waals surface area (Å²) in [4.78, 5) is 11.4. The Bertz CT molecular complexity index is 1020. The molecule has 4 heterocycles. The van der Waals surface area contributed by atoms with Crippen molar-refractivity contribution in [1.29, 1.82) is 0 Å². The number of nitrogens with zero attached hydrogens (tertiary/aromatic N) is 3. The van der Waals surface area contributed by atoms with Gasteiger partial charge in [-0.05, 0) is 78.9 Å². The van der Waals surface area contributed by atoms with Crippen molar-refractivity contribution in [3.63, 3.8) is 0 Å². The Kier molecular flexibility index (Phi) is 15.4. The average Bonchev–Trinajstić information content (AvgIpc) is 3.49. The van der Waals surface area contributed by atoms with Crippen LogP contribution in [0.5, 0.6) is 0 Å². The van der Waals surface area contributed by atoms with Crippen molar-refractivity contribution in [3.05, 3.63) is 34.6 Å². The zero-order valence-corrected chi connectivity index (χ0v) is 26.8. The van der Waals surface area contributed by atoms with E-state index in [1.165, 1.54) is 49.6 Å². The zero-order valence-electron chi connectivity index (χ0n) is 26.8. The van der Waals surface area contributed by atoms with Gasteiger partial charge in [-0.1, -0.05) is 56.9 Å². The van der Waals surface area contributed by atoms with Crippen LogP contribution in [0, 0.1) is 0 Å². The van der Waals surface area contributed by atoms with Crippen LogP contribution in [0.2, 0.25) is 0 Å². The van der Waals surface area contributed by atoms with Crippen LogP contribution in [0.3, 0.4) is 0 Å². The Morgan fingerprint density at radius 3 is 1.88 bits per heavy atom. The van der Waals surface area contributed by atoms with E-state index < -0.39 is 0 Å². The third-order valence-electron chi connectivity index (χ3n) is 7.02. The van der Waals surface area contributed by atoms with E-state index in [9.17, 15) is 4.79 Å². The molecule has 5 rings (SSSR count). The van der Waals surface area contributed by atoms with Gasteiger partial charge >= 0.3 is 0 Å². The van der Waals surface area contributed by atoms with Gasteiger partial charge in [-0.2, -0.15) is 0 Å². The second kappa shape index (κ2) is 17.9. The first-order valence-electron chi connectivity index (χ1n) is 15.5. The fraction of sp³-hybridized carbons (Fsp3) is 0.781. The maximum Gasteiger partial charge on any atom is 0.277 e. The van der Waals surface area contributed by atoms with E-state index in [-0.39, 0.29) is 17.1 Å². The van der Waals surface area contributed by atoms with E-state index in [1.54, 1.807) is 19.2 Å². The van der Waals surface area contributed by atoms with Gasteiger partial charge in [0, 0.05) is 13.7 Å². The molecule has 0 bridgehead atoms. The van der Waals surface area contributed by atoms with E-state index in [4.69, 9.17) is 23.7 Å². The molecule has 9 nitrogen and oxygen atoms in total. The minimum absolute atomic E-state index is 0.111. The van der Waals surface area contributed by atoms with Gasteiger partial charge in [-0.25, -0.2) is 4.68 Å². The van der Waals surface area contributed by atoms with Crippen molar-refractivity contribution in [3.8, 4) is 0 Å². The van der Waals surface area contributed by atoms with E-state index >= 15 is 0 Å². The number of hydrogen-bond donors (Lipinski definition) is 0. The molecule has 0 aliphatic carbocycles. The van der Waals surface area contributed by atoms with Crippen LogP contribution in [0.25, 0.3) is 10.9 Å². The molecular weight excluding hydrogens is 522 g/mol. The Labute approximate surface area is 247 Å². The van der Waals surface area contributed by atoms with Crippen molar-refractivity contribution in [2.75, 3.05) is 19.8 Å². The summed E-state index contributed by atoms with van der Waals surface area (Å²) >= 11 is 0. The lowest BCUT2D eigenvalue weighted by atomic mass is 10.1. The summed E-state index contributed by atoms with van der Waals surface area (Å²) in [7, 11) is 1.59. The molecule has 9 heteroatoms. The van der Waals surface area contributed by atoms with Crippen LogP contribution in [-0.2, 0) is 30.7 Å². The fourth-order valence-electron chi connectivity index (χ4n) is 4.65. The molecule has 0 amide bonds. The highest BCUT2D eigenvalue weighted by Gasteiger charge is 2.32. The van der Waals surface area contributed by atoms with Crippen LogP contribution in [0.4, 0.5) is 0 Å². The normalized spacial score (nSPS) is 24.3. The lowest BCUT2D eigenvalue weighted by Gasteiger charge is -2.17. The Hall–Kier alpha value is -1.91. The summed E-state index contributed by atoms with van der Waals surface area (Å²) < 4.78 is 28.6. The molecule has 3 fully saturated rings. The Balaban J connectivity index is 0.000000194. The van der Waals surface area contributed by atoms with Gasteiger partial charge in [-0.15, -0.1) is 5.10 Å². The third kappa shape index (κ3) is 13.7. The summed E-state index contributed by atoms with van der Waals surface area (Å²) in [6.07, 6.45) is 12.3. The maximum absolute atomic E-state index is 11.4. The molecule has 0 N–H and O–H groups in total. The van der Waals surface area contributed by atoms with Crippen LogP contribution in [0.1, 0.15) is 106 Å². The molecule has 41 heavy (non-hydrogen) atoms. The molecular formula is C32H55N3O6. The molecule has 1 aromatic carbocycles. The summed E-state index contributed by atoms with van der Waals surface area (Å²) in [5.74, 6) is -0.670. The number of fused-ring (bicyclic) bond motifs is 1. The summed E-state index contributed by atoms with van der Waals surface area (Å²) in [5, 5.41) is 8.12. The molecule has 3 saturated heterocycles. The number of hydrogen-bond acceptors (Lipinski definition) is 8. The number of unbranched alkanes of at least 4 members (excludes halogenated alkanes) is 2. The van der Waals surface area contributed by atoms with Gasteiger partial charge in [0.25, 0.3) is 5.56 Å². The Morgan fingerprint density at radius 1 is 0.902 bits per heavy atom. The zero-order chi connectivity index (χ0) is 30.3. The van der Waals surface area contributed by atoms with Crippen molar-refractivity contribution in [2.24, 2.45) is 7.05 Å². The minimum atomic E-state index is -0.335. The van der Waals surface area contributed by atoms with Crippen molar-refractivity contribution in [2.45, 2.75) is 136 Å².